The van der Waals surface area contributed by atoms with Gasteiger partial charge in [0, 0.05) is 6.42 Å². The monoisotopic (exact) mass is 205 g/mol. The predicted molar refractivity (Wildman–Crippen MR) is 54.7 cm³/mol. The number of nitrogens with zero attached hydrogens (tertiary/aromatic N) is 1. The lowest BCUT2D eigenvalue weighted by Gasteiger charge is -2.07. The summed E-state index contributed by atoms with van der Waals surface area (Å²) in [5, 5.41) is 12.2. The number of aliphatic carboxylic acids is 1. The van der Waals surface area contributed by atoms with Crippen molar-refractivity contribution >= 4 is 11.7 Å². The Balaban J connectivity index is 2.10. The minimum absolute atomic E-state index is 0.0839. The number of aryl methyl sites for hydroxylation is 1. The third kappa shape index (κ3) is 1.98. The van der Waals surface area contributed by atoms with Gasteiger partial charge in [0.05, 0.1) is 0 Å². The van der Waals surface area contributed by atoms with Crippen LogP contribution in [0.1, 0.15) is 23.7 Å². The Kier molecular flexibility index (Phi) is 2.41. The Morgan fingerprint density at radius 1 is 1.47 bits per heavy atom. The molecule has 1 aliphatic rings. The van der Waals surface area contributed by atoms with Crippen LogP contribution in [0.4, 0.5) is 0 Å². The SMILES string of the molecule is Cc1ccc([C@@H]2CC(C(=O)O)=NO2)cc1. The Morgan fingerprint density at radius 2 is 2.13 bits per heavy atom. The topological polar surface area (TPSA) is 58.9 Å². The van der Waals surface area contributed by atoms with Crippen LogP contribution in [0.5, 0.6) is 0 Å². The first-order chi connectivity index (χ1) is 7.16. The summed E-state index contributed by atoms with van der Waals surface area (Å²) in [5.74, 6) is -1.01. The highest BCUT2D eigenvalue weighted by atomic mass is 16.6. The summed E-state index contributed by atoms with van der Waals surface area (Å²) >= 11 is 0. The van der Waals surface area contributed by atoms with Crippen molar-refractivity contribution in [2.75, 3.05) is 0 Å². The Morgan fingerprint density at radius 3 is 2.67 bits per heavy atom. The molecule has 1 heterocycles. The van der Waals surface area contributed by atoms with E-state index in [0.29, 0.717) is 6.42 Å². The number of rotatable bonds is 2. The molecule has 0 radical (unpaired) electrons. The van der Waals surface area contributed by atoms with Gasteiger partial charge in [-0.25, -0.2) is 4.79 Å². The van der Waals surface area contributed by atoms with Crippen molar-refractivity contribution in [1.82, 2.24) is 0 Å². The number of benzene rings is 1. The summed E-state index contributed by atoms with van der Waals surface area (Å²) in [4.78, 5) is 15.7. The zero-order valence-electron chi connectivity index (χ0n) is 8.30. The van der Waals surface area contributed by atoms with Crippen LogP contribution >= 0.6 is 0 Å². The molecule has 0 bridgehead atoms. The lowest BCUT2D eigenvalue weighted by molar-refractivity contribution is -0.129. The van der Waals surface area contributed by atoms with Crippen LogP contribution in [0, 0.1) is 6.92 Å². The van der Waals surface area contributed by atoms with E-state index in [1.807, 2.05) is 31.2 Å². The van der Waals surface area contributed by atoms with E-state index in [-0.39, 0.29) is 11.8 Å². The van der Waals surface area contributed by atoms with Crippen molar-refractivity contribution in [3.05, 3.63) is 35.4 Å². The molecule has 0 aliphatic carbocycles. The van der Waals surface area contributed by atoms with Crippen molar-refractivity contribution in [3.63, 3.8) is 0 Å². The van der Waals surface area contributed by atoms with Crippen molar-refractivity contribution in [3.8, 4) is 0 Å². The molecule has 4 heteroatoms. The Hall–Kier alpha value is -1.84. The van der Waals surface area contributed by atoms with E-state index in [1.165, 1.54) is 0 Å². The Labute approximate surface area is 87.2 Å². The van der Waals surface area contributed by atoms with E-state index in [0.717, 1.165) is 11.1 Å². The average Bonchev–Trinajstić information content (AvgIpc) is 2.68. The second-order valence-electron chi connectivity index (χ2n) is 3.55. The van der Waals surface area contributed by atoms with E-state index in [2.05, 4.69) is 5.16 Å². The highest BCUT2D eigenvalue weighted by molar-refractivity contribution is 6.35. The highest BCUT2D eigenvalue weighted by Crippen LogP contribution is 2.27. The molecule has 4 nitrogen and oxygen atoms in total. The van der Waals surface area contributed by atoms with Crippen LogP contribution in [0.25, 0.3) is 0 Å². The van der Waals surface area contributed by atoms with Crippen LogP contribution in [0.3, 0.4) is 0 Å². The fraction of sp³-hybridized carbons (Fsp3) is 0.273. The van der Waals surface area contributed by atoms with Crippen LogP contribution in [0.2, 0.25) is 0 Å². The van der Waals surface area contributed by atoms with Crippen LogP contribution in [-0.4, -0.2) is 16.8 Å². The van der Waals surface area contributed by atoms with Crippen LogP contribution < -0.4 is 0 Å². The second-order valence-corrected chi connectivity index (χ2v) is 3.55. The maximum Gasteiger partial charge on any atom is 0.353 e. The average molecular weight is 205 g/mol. The quantitative estimate of drug-likeness (QED) is 0.802. The number of carboxylic acid groups (broad SMARTS) is 1. The third-order valence-electron chi connectivity index (χ3n) is 2.36. The molecule has 0 fully saturated rings. The van der Waals surface area contributed by atoms with Gasteiger partial charge in [-0.2, -0.15) is 0 Å². The van der Waals surface area contributed by atoms with Gasteiger partial charge in [0.25, 0.3) is 0 Å². The van der Waals surface area contributed by atoms with Crippen LogP contribution in [-0.2, 0) is 9.63 Å². The van der Waals surface area contributed by atoms with Gasteiger partial charge in [-0.05, 0) is 12.5 Å². The fourth-order valence-corrected chi connectivity index (χ4v) is 1.46. The standard InChI is InChI=1S/C11H11NO3/c1-7-2-4-8(5-3-7)10-6-9(11(13)14)12-15-10/h2-5,10H,6H2,1H3,(H,13,14)/t10-/m0/s1. The first-order valence-corrected chi connectivity index (χ1v) is 4.69. The van der Waals surface area contributed by atoms with Gasteiger partial charge < -0.3 is 9.94 Å². The van der Waals surface area contributed by atoms with E-state index in [1.54, 1.807) is 0 Å². The number of oxime groups is 1. The second kappa shape index (κ2) is 3.73. The van der Waals surface area contributed by atoms with Gasteiger partial charge in [-0.1, -0.05) is 35.0 Å². The van der Waals surface area contributed by atoms with E-state index < -0.39 is 5.97 Å². The smallest absolute Gasteiger partial charge is 0.353 e. The molecule has 1 aromatic carbocycles. The number of carboxylic acids is 1. The summed E-state index contributed by atoms with van der Waals surface area (Å²) in [6, 6.07) is 7.80. The van der Waals surface area contributed by atoms with E-state index in [9.17, 15) is 4.79 Å². The highest BCUT2D eigenvalue weighted by Gasteiger charge is 2.26. The van der Waals surface area contributed by atoms with Gasteiger partial charge >= 0.3 is 5.97 Å². The minimum Gasteiger partial charge on any atom is -0.477 e. The van der Waals surface area contributed by atoms with Crippen LogP contribution in [0.15, 0.2) is 29.4 Å². The molecule has 78 valence electrons. The first kappa shape index (κ1) is 9.71. The summed E-state index contributed by atoms with van der Waals surface area (Å²) in [5.41, 5.74) is 2.21. The molecule has 2 rings (SSSR count). The maximum absolute atomic E-state index is 10.6. The van der Waals surface area contributed by atoms with Gasteiger partial charge in [0.1, 0.15) is 0 Å². The number of hydrogen-bond acceptors (Lipinski definition) is 3. The predicted octanol–water partition coefficient (Wildman–Crippen LogP) is 1.90. The summed E-state index contributed by atoms with van der Waals surface area (Å²) in [6.45, 7) is 2.00. The summed E-state index contributed by atoms with van der Waals surface area (Å²) < 4.78 is 0. The number of hydrogen-bond donors (Lipinski definition) is 1. The third-order valence-corrected chi connectivity index (χ3v) is 2.36. The molecule has 1 aromatic rings. The van der Waals surface area contributed by atoms with Crippen molar-refractivity contribution < 1.29 is 14.7 Å². The minimum atomic E-state index is -1.01. The van der Waals surface area contributed by atoms with Gasteiger partial charge in [0.2, 0.25) is 0 Å². The lowest BCUT2D eigenvalue weighted by atomic mass is 10.0. The zero-order valence-corrected chi connectivity index (χ0v) is 8.30. The van der Waals surface area contributed by atoms with Crippen molar-refractivity contribution in [1.29, 1.82) is 0 Å². The van der Waals surface area contributed by atoms with Gasteiger partial charge in [-0.3, -0.25) is 0 Å². The molecule has 0 saturated carbocycles. The molecule has 0 aromatic heterocycles. The fourth-order valence-electron chi connectivity index (χ4n) is 1.46. The molecular weight excluding hydrogens is 194 g/mol. The normalized spacial score (nSPS) is 19.5. The van der Waals surface area contributed by atoms with Gasteiger partial charge in [-0.15, -0.1) is 0 Å². The summed E-state index contributed by atoms with van der Waals surface area (Å²) in [7, 11) is 0. The number of carbonyl (C=O) groups is 1. The van der Waals surface area contributed by atoms with E-state index >= 15 is 0 Å². The molecule has 15 heavy (non-hydrogen) atoms. The van der Waals surface area contributed by atoms with E-state index in [4.69, 9.17) is 9.94 Å². The molecular formula is C11H11NO3. The molecule has 0 spiro atoms. The van der Waals surface area contributed by atoms with Crippen molar-refractivity contribution in [2.45, 2.75) is 19.4 Å². The molecule has 0 amide bonds. The first-order valence-electron chi connectivity index (χ1n) is 4.69. The zero-order chi connectivity index (χ0) is 10.8. The molecule has 1 N–H and O–H groups in total. The van der Waals surface area contributed by atoms with Gasteiger partial charge in [0.15, 0.2) is 11.8 Å². The maximum atomic E-state index is 10.6. The summed E-state index contributed by atoms with van der Waals surface area (Å²) in [6.07, 6.45) is 0.0787. The largest absolute Gasteiger partial charge is 0.477 e. The molecule has 1 aliphatic heterocycles. The molecule has 0 saturated heterocycles. The Bertz CT molecular complexity index is 408. The molecule has 0 unspecified atom stereocenters. The molecule has 1 atom stereocenters. The van der Waals surface area contributed by atoms with Crippen molar-refractivity contribution in [2.24, 2.45) is 5.16 Å². The lowest BCUT2D eigenvalue weighted by Crippen LogP contribution is -2.11.